The molecule has 0 spiro atoms. The van der Waals surface area contributed by atoms with E-state index in [1.807, 2.05) is 196 Å². The van der Waals surface area contributed by atoms with Gasteiger partial charge in [0, 0.05) is 43.6 Å². The van der Waals surface area contributed by atoms with Gasteiger partial charge in [-0.2, -0.15) is 0 Å². The highest BCUT2D eigenvalue weighted by atomic mass is 32.1. The third-order valence-corrected chi connectivity index (χ3v) is 17.9. The van der Waals surface area contributed by atoms with Gasteiger partial charge in [-0.25, -0.2) is 19.7 Å². The highest BCUT2D eigenvalue weighted by Gasteiger charge is 2.45. The summed E-state index contributed by atoms with van der Waals surface area (Å²) in [6.45, 7) is 19.9. The molecular weight excluding hydrogens is 1120 g/mol. The highest BCUT2D eigenvalue weighted by molar-refractivity contribution is 7.22. The number of carbonyl (C=O) groups is 5. The fraction of sp³-hybridized carbons (Fsp3) is 0.353. The number of benzene rings is 5. The molecule has 10 rings (SSSR count). The average molecular weight is 1200 g/mol. The predicted octanol–water partition coefficient (Wildman–Crippen LogP) is 12.9. The number of thiazole rings is 2. The van der Waals surface area contributed by atoms with Crippen molar-refractivity contribution < 1.29 is 38.6 Å². The third kappa shape index (κ3) is 13.8. The topological polar surface area (TPSA) is 205 Å². The molecular formula is C68H74N8O8S2. The first-order valence-electron chi connectivity index (χ1n) is 29.2. The molecule has 0 bridgehead atoms. The van der Waals surface area contributed by atoms with Crippen molar-refractivity contribution in [2.45, 2.75) is 137 Å². The Morgan fingerprint density at radius 3 is 2.24 bits per heavy atom. The number of nitrogens with one attached hydrogen (secondary N) is 3. The van der Waals surface area contributed by atoms with E-state index in [1.165, 1.54) is 16.2 Å². The molecule has 446 valence electrons. The van der Waals surface area contributed by atoms with Gasteiger partial charge in [0.25, 0.3) is 5.91 Å². The number of rotatable bonds is 17. The van der Waals surface area contributed by atoms with Crippen LogP contribution in [-0.4, -0.2) is 91.4 Å². The molecule has 8 aromatic rings. The Morgan fingerprint density at radius 1 is 0.802 bits per heavy atom. The molecule has 4 N–H and O–H groups in total. The number of para-hydroxylation sites is 1. The van der Waals surface area contributed by atoms with E-state index in [0.29, 0.717) is 59.5 Å². The molecule has 18 heteroatoms. The number of pyridine rings is 1. The van der Waals surface area contributed by atoms with Crippen molar-refractivity contribution in [2.75, 3.05) is 23.3 Å². The Labute approximate surface area is 510 Å². The van der Waals surface area contributed by atoms with Gasteiger partial charge in [0.2, 0.25) is 17.7 Å². The molecule has 4 amide bonds. The van der Waals surface area contributed by atoms with Gasteiger partial charge in [-0.3, -0.25) is 24.5 Å². The van der Waals surface area contributed by atoms with Crippen LogP contribution in [0.25, 0.3) is 31.8 Å². The number of aliphatic hydroxyl groups is 1. The Balaban J connectivity index is 0.774. The molecule has 1 fully saturated rings. The Hall–Kier alpha value is -8.32. The van der Waals surface area contributed by atoms with Gasteiger partial charge in [-0.15, -0.1) is 11.3 Å². The summed E-state index contributed by atoms with van der Waals surface area (Å²) in [7, 11) is 0. The number of nitrogens with zero attached hydrogens (tertiary/aromatic N) is 5. The van der Waals surface area contributed by atoms with E-state index in [1.54, 1.807) is 11.3 Å². The van der Waals surface area contributed by atoms with Crippen LogP contribution in [-0.2, 0) is 32.1 Å². The normalized spacial score (nSPS) is 16.2. The second-order valence-electron chi connectivity index (χ2n) is 24.5. The van der Waals surface area contributed by atoms with E-state index in [4.69, 9.17) is 14.5 Å². The fourth-order valence-electron chi connectivity index (χ4n) is 11.2. The first kappa shape index (κ1) is 60.8. The molecule has 0 aliphatic carbocycles. The SMILES string of the molecule is Cc1ncsc1-c1ccc(C(C)NC(=O)[C@@H]2C[C@@H](O)CN2C(=O)C(NC(=O)CCC(C)c2ccc(Oc3cccc(-c4ccc(N5CCc6cccc(C(=O)Nc7nc8ccccc8s7)c6C5)nc4C(=O)OC(C)(C)C)c3C)cc2)C(C)(C)C)cc1. The van der Waals surface area contributed by atoms with Gasteiger partial charge in [-0.1, -0.05) is 112 Å². The first-order valence-corrected chi connectivity index (χ1v) is 30.9. The number of fused-ring (bicyclic) bond motifs is 2. The lowest BCUT2D eigenvalue weighted by Gasteiger charge is -2.35. The van der Waals surface area contributed by atoms with Gasteiger partial charge >= 0.3 is 5.97 Å². The van der Waals surface area contributed by atoms with Gasteiger partial charge in [0.15, 0.2) is 10.8 Å². The zero-order valence-electron chi connectivity index (χ0n) is 50.3. The van der Waals surface area contributed by atoms with E-state index < -0.39 is 41.1 Å². The predicted molar refractivity (Wildman–Crippen MR) is 339 cm³/mol. The summed E-state index contributed by atoms with van der Waals surface area (Å²) in [5.41, 5.74) is 9.83. The van der Waals surface area contributed by atoms with Gasteiger partial charge in [-0.05, 0) is 153 Å². The van der Waals surface area contributed by atoms with Crippen LogP contribution in [0.2, 0.25) is 0 Å². The first-order chi connectivity index (χ1) is 41.0. The number of β-amino-alcohol motifs (C(OH)–C–C–N with tert-alkyl or cyclic N) is 1. The fourth-order valence-corrected chi connectivity index (χ4v) is 12.8. The maximum absolute atomic E-state index is 14.4. The number of amides is 4. The number of hydrogen-bond donors (Lipinski definition) is 4. The zero-order chi connectivity index (χ0) is 61.2. The number of carbonyl (C=O) groups excluding carboxylic acids is 5. The van der Waals surface area contributed by atoms with E-state index in [9.17, 15) is 29.1 Å². The molecule has 1 saturated heterocycles. The minimum absolute atomic E-state index is 0.0193. The smallest absolute Gasteiger partial charge is 0.358 e. The van der Waals surface area contributed by atoms with Gasteiger partial charge < -0.3 is 35.0 Å². The Morgan fingerprint density at radius 2 is 1.53 bits per heavy atom. The summed E-state index contributed by atoms with van der Waals surface area (Å²) in [6, 6.07) is 36.5. The van der Waals surface area contributed by atoms with Crippen molar-refractivity contribution >= 4 is 73.4 Å². The van der Waals surface area contributed by atoms with E-state index in [0.717, 1.165) is 59.7 Å². The monoisotopic (exact) mass is 1190 g/mol. The lowest BCUT2D eigenvalue weighted by atomic mass is 9.85. The number of ether oxygens (including phenoxy) is 2. The second kappa shape index (κ2) is 25.3. The van der Waals surface area contributed by atoms with Crippen LogP contribution < -0.4 is 25.6 Å². The van der Waals surface area contributed by atoms with Gasteiger partial charge in [0.1, 0.15) is 35.0 Å². The number of anilines is 2. The van der Waals surface area contributed by atoms with E-state index in [2.05, 4.69) is 30.8 Å². The molecule has 3 aromatic heterocycles. The van der Waals surface area contributed by atoms with Crippen molar-refractivity contribution in [3.63, 3.8) is 0 Å². The molecule has 5 aromatic carbocycles. The van der Waals surface area contributed by atoms with Crippen LogP contribution in [0.4, 0.5) is 10.9 Å². The van der Waals surface area contributed by atoms with Crippen LogP contribution in [0.3, 0.4) is 0 Å². The summed E-state index contributed by atoms with van der Waals surface area (Å²) in [4.78, 5) is 88.6. The second-order valence-corrected chi connectivity index (χ2v) is 26.4. The molecule has 0 radical (unpaired) electrons. The number of hydrogen-bond acceptors (Lipinski definition) is 14. The quantitative estimate of drug-likeness (QED) is 0.0629. The van der Waals surface area contributed by atoms with Crippen molar-refractivity contribution in [1.82, 2.24) is 30.5 Å². The standard InChI is InChI=1S/C68H74N8O8S2/c1-39(21-32-58(78)73-61(67(5,6)7)64(81)76-36-47(77)35-54(76)63(80)70-41(3)44-22-24-46(25-23-44)60-42(4)69-38-85-60)43-26-28-48(29-27-43)83-55-19-14-16-49(40(55)2)50-30-31-57(72-59(50)65(82)84-68(8,9)10)75-34-33-45-15-13-17-51(52(45)37-75)62(79)74-66-71-53-18-11-12-20-56(53)86-66/h11-20,22-31,38-39,41,47,54,61,77H,21,32-37H2,1-10H3,(H,70,80)(H,73,78)(H,71,74,79)/t39?,41?,47-,54+,61?/m1/s1. The minimum atomic E-state index is -0.948. The lowest BCUT2D eigenvalue weighted by molar-refractivity contribution is -0.144. The van der Waals surface area contributed by atoms with Crippen LogP contribution in [0.5, 0.6) is 11.5 Å². The van der Waals surface area contributed by atoms with Crippen molar-refractivity contribution in [3.05, 3.63) is 172 Å². The highest BCUT2D eigenvalue weighted by Crippen LogP contribution is 2.38. The summed E-state index contributed by atoms with van der Waals surface area (Å²) >= 11 is 3.00. The van der Waals surface area contributed by atoms with Crippen molar-refractivity contribution in [1.29, 1.82) is 0 Å². The summed E-state index contributed by atoms with van der Waals surface area (Å²) in [5.74, 6) is -0.154. The molecule has 0 saturated carbocycles. The van der Waals surface area contributed by atoms with Crippen molar-refractivity contribution in [2.24, 2.45) is 5.41 Å². The van der Waals surface area contributed by atoms with E-state index in [-0.39, 0.29) is 54.8 Å². The molecule has 2 aliphatic rings. The molecule has 5 heterocycles. The molecule has 16 nitrogen and oxygen atoms in total. The van der Waals surface area contributed by atoms with Crippen molar-refractivity contribution in [3.8, 4) is 33.1 Å². The number of esters is 1. The zero-order valence-corrected chi connectivity index (χ0v) is 52.0. The summed E-state index contributed by atoms with van der Waals surface area (Å²) in [6.07, 6.45) is 0.515. The van der Waals surface area contributed by atoms with Gasteiger partial charge in [0.05, 0.1) is 38.4 Å². The Bertz CT molecular complexity index is 3790. The molecule has 3 unspecified atom stereocenters. The number of aromatic nitrogens is 3. The maximum atomic E-state index is 14.4. The van der Waals surface area contributed by atoms with Crippen LogP contribution >= 0.6 is 22.7 Å². The molecule has 2 aliphatic heterocycles. The average Bonchev–Trinajstić information content (AvgIpc) is 4.10. The van der Waals surface area contributed by atoms with Crippen LogP contribution in [0.15, 0.2) is 127 Å². The lowest BCUT2D eigenvalue weighted by Crippen LogP contribution is -2.57. The molecule has 86 heavy (non-hydrogen) atoms. The summed E-state index contributed by atoms with van der Waals surface area (Å²) in [5, 5.41) is 20.4. The molecule has 5 atom stereocenters. The third-order valence-electron chi connectivity index (χ3n) is 15.9. The Kier molecular flexibility index (Phi) is 17.9. The van der Waals surface area contributed by atoms with E-state index >= 15 is 0 Å². The minimum Gasteiger partial charge on any atom is -0.457 e. The summed E-state index contributed by atoms with van der Waals surface area (Å²) < 4.78 is 13.5. The van der Waals surface area contributed by atoms with Crippen LogP contribution in [0.1, 0.15) is 141 Å². The number of aliphatic hydroxyl groups excluding tert-OH is 1. The maximum Gasteiger partial charge on any atom is 0.358 e. The number of aryl methyl sites for hydroxylation is 1. The number of likely N-dealkylation sites (tertiary alicyclic amines) is 1. The van der Waals surface area contributed by atoms with Crippen LogP contribution in [0, 0.1) is 19.3 Å². The largest absolute Gasteiger partial charge is 0.457 e.